The maximum Gasteiger partial charge on any atom is 0.199 e. The minimum Gasteiger partial charge on any atom is -0.494 e. The van der Waals surface area contributed by atoms with Crippen molar-refractivity contribution in [3.63, 3.8) is 0 Å². The van der Waals surface area contributed by atoms with E-state index in [4.69, 9.17) is 0 Å². The van der Waals surface area contributed by atoms with Crippen molar-refractivity contribution in [3.8, 4) is 11.8 Å². The maximum atomic E-state index is 10.7. The number of benzene rings is 2. The molecule has 4 nitrogen and oxygen atoms in total. The number of aromatic hydroxyl groups is 2. The summed E-state index contributed by atoms with van der Waals surface area (Å²) >= 11 is 0. The SMILES string of the molecule is C[C@H](c1ccccc1)n1c(O)c2c(c1O)CN(Cc1ccccc1)C2. The van der Waals surface area contributed by atoms with Gasteiger partial charge in [0.25, 0.3) is 0 Å². The molecular formula is C21H22N2O2. The summed E-state index contributed by atoms with van der Waals surface area (Å²) in [4.78, 5) is 2.23. The summed E-state index contributed by atoms with van der Waals surface area (Å²) in [6, 6.07) is 20.1. The fourth-order valence-corrected chi connectivity index (χ4v) is 3.70. The lowest BCUT2D eigenvalue weighted by molar-refractivity contribution is 0.261. The van der Waals surface area contributed by atoms with Crippen LogP contribution in [0.15, 0.2) is 60.7 Å². The Labute approximate surface area is 147 Å². The molecule has 2 heterocycles. The van der Waals surface area contributed by atoms with Gasteiger partial charge in [0.2, 0.25) is 0 Å². The van der Waals surface area contributed by atoms with Crippen molar-refractivity contribution in [2.24, 2.45) is 0 Å². The summed E-state index contributed by atoms with van der Waals surface area (Å²) in [5, 5.41) is 21.4. The molecule has 0 unspecified atom stereocenters. The lowest BCUT2D eigenvalue weighted by Gasteiger charge is -2.20. The van der Waals surface area contributed by atoms with E-state index in [0.717, 1.165) is 23.2 Å². The molecule has 4 rings (SSSR count). The predicted octanol–water partition coefficient (Wildman–Crippen LogP) is 4.02. The molecule has 0 fully saturated rings. The number of nitrogens with zero attached hydrogens (tertiary/aromatic N) is 2. The van der Waals surface area contributed by atoms with E-state index in [0.29, 0.717) is 13.1 Å². The van der Waals surface area contributed by atoms with Crippen LogP contribution >= 0.6 is 0 Å². The average molecular weight is 334 g/mol. The Kier molecular flexibility index (Phi) is 3.98. The number of hydrogen-bond donors (Lipinski definition) is 2. The van der Waals surface area contributed by atoms with E-state index in [1.807, 2.05) is 55.5 Å². The average Bonchev–Trinajstić information content (AvgIpc) is 3.15. The highest BCUT2D eigenvalue weighted by Gasteiger charge is 2.32. The maximum absolute atomic E-state index is 10.7. The molecule has 2 aromatic carbocycles. The van der Waals surface area contributed by atoms with Crippen LogP contribution in [0.5, 0.6) is 11.8 Å². The van der Waals surface area contributed by atoms with E-state index in [1.165, 1.54) is 5.56 Å². The Bertz CT molecular complexity index is 842. The molecule has 1 aromatic heterocycles. The molecular weight excluding hydrogens is 312 g/mol. The fourth-order valence-electron chi connectivity index (χ4n) is 3.70. The van der Waals surface area contributed by atoms with Gasteiger partial charge in [-0.05, 0) is 18.1 Å². The minimum atomic E-state index is -0.116. The van der Waals surface area contributed by atoms with Crippen molar-refractivity contribution < 1.29 is 10.2 Å². The first-order valence-corrected chi connectivity index (χ1v) is 8.60. The van der Waals surface area contributed by atoms with Crippen LogP contribution in [0.4, 0.5) is 0 Å². The van der Waals surface area contributed by atoms with Gasteiger partial charge in [-0.1, -0.05) is 60.7 Å². The van der Waals surface area contributed by atoms with Gasteiger partial charge in [-0.2, -0.15) is 0 Å². The first kappa shape index (κ1) is 15.8. The van der Waals surface area contributed by atoms with Gasteiger partial charge in [-0.25, -0.2) is 0 Å². The van der Waals surface area contributed by atoms with Crippen molar-refractivity contribution in [1.82, 2.24) is 9.47 Å². The number of rotatable bonds is 4. The molecule has 0 amide bonds. The van der Waals surface area contributed by atoms with Crippen LogP contribution in [0, 0.1) is 0 Å². The molecule has 0 saturated carbocycles. The second-order valence-electron chi connectivity index (χ2n) is 6.69. The third-order valence-electron chi connectivity index (χ3n) is 5.04. The van der Waals surface area contributed by atoms with Crippen molar-refractivity contribution in [2.75, 3.05) is 0 Å². The molecule has 4 heteroatoms. The zero-order valence-electron chi connectivity index (χ0n) is 14.3. The molecule has 0 radical (unpaired) electrons. The minimum absolute atomic E-state index is 0.116. The summed E-state index contributed by atoms with van der Waals surface area (Å²) in [5.74, 6) is 0.360. The van der Waals surface area contributed by atoms with Gasteiger partial charge in [-0.15, -0.1) is 0 Å². The molecule has 1 aliphatic rings. The zero-order chi connectivity index (χ0) is 17.4. The first-order valence-electron chi connectivity index (χ1n) is 8.60. The molecule has 1 atom stereocenters. The molecule has 0 saturated heterocycles. The van der Waals surface area contributed by atoms with Crippen LogP contribution < -0.4 is 0 Å². The number of aromatic nitrogens is 1. The fraction of sp³-hybridized carbons (Fsp3) is 0.238. The standard InChI is InChI=1S/C21H22N2O2/c1-15(17-10-6-3-7-11-17)23-20(24)18-13-22(14-19(18)21(23)25)12-16-8-4-2-5-9-16/h2-11,15,24-25H,12-14H2,1H3/t15-/m1/s1. The summed E-state index contributed by atoms with van der Waals surface area (Å²) in [6.45, 7) is 4.10. The molecule has 0 bridgehead atoms. The van der Waals surface area contributed by atoms with E-state index < -0.39 is 0 Å². The van der Waals surface area contributed by atoms with E-state index in [1.54, 1.807) is 4.57 Å². The Hall–Kier alpha value is -2.72. The van der Waals surface area contributed by atoms with Crippen LogP contribution in [-0.4, -0.2) is 19.7 Å². The molecule has 0 aliphatic carbocycles. The Morgan fingerprint density at radius 1 is 0.840 bits per heavy atom. The second kappa shape index (κ2) is 6.30. The molecule has 25 heavy (non-hydrogen) atoms. The van der Waals surface area contributed by atoms with Crippen molar-refractivity contribution in [3.05, 3.63) is 82.9 Å². The van der Waals surface area contributed by atoms with Crippen LogP contribution in [0.25, 0.3) is 0 Å². The Morgan fingerprint density at radius 3 is 1.92 bits per heavy atom. The topological polar surface area (TPSA) is 48.6 Å². The predicted molar refractivity (Wildman–Crippen MR) is 97.4 cm³/mol. The zero-order valence-corrected chi connectivity index (χ0v) is 14.3. The van der Waals surface area contributed by atoms with E-state index in [9.17, 15) is 10.2 Å². The molecule has 0 spiro atoms. The van der Waals surface area contributed by atoms with Crippen LogP contribution in [-0.2, 0) is 19.6 Å². The van der Waals surface area contributed by atoms with Crippen LogP contribution in [0.1, 0.15) is 35.2 Å². The van der Waals surface area contributed by atoms with Gasteiger partial charge in [0.15, 0.2) is 11.8 Å². The molecule has 3 aromatic rings. The number of fused-ring (bicyclic) bond motifs is 1. The van der Waals surface area contributed by atoms with E-state index in [2.05, 4.69) is 17.0 Å². The number of hydrogen-bond acceptors (Lipinski definition) is 3. The summed E-state index contributed by atoms with van der Waals surface area (Å²) in [5.41, 5.74) is 3.98. The highest BCUT2D eigenvalue weighted by atomic mass is 16.3. The highest BCUT2D eigenvalue weighted by Crippen LogP contribution is 2.43. The Morgan fingerprint density at radius 2 is 1.36 bits per heavy atom. The monoisotopic (exact) mass is 334 g/mol. The van der Waals surface area contributed by atoms with Crippen LogP contribution in [0.3, 0.4) is 0 Å². The normalized spacial score (nSPS) is 15.2. The summed E-state index contributed by atoms with van der Waals surface area (Å²) in [7, 11) is 0. The van der Waals surface area contributed by atoms with Gasteiger partial charge < -0.3 is 10.2 Å². The smallest absolute Gasteiger partial charge is 0.199 e. The van der Waals surface area contributed by atoms with Crippen molar-refractivity contribution in [1.29, 1.82) is 0 Å². The highest BCUT2D eigenvalue weighted by molar-refractivity contribution is 5.49. The third-order valence-corrected chi connectivity index (χ3v) is 5.04. The first-order chi connectivity index (χ1) is 12.1. The second-order valence-corrected chi connectivity index (χ2v) is 6.69. The molecule has 128 valence electrons. The Balaban J connectivity index is 1.59. The van der Waals surface area contributed by atoms with Crippen LogP contribution in [0.2, 0.25) is 0 Å². The summed E-state index contributed by atoms with van der Waals surface area (Å²) < 4.78 is 1.64. The van der Waals surface area contributed by atoms with E-state index >= 15 is 0 Å². The summed E-state index contributed by atoms with van der Waals surface area (Å²) in [6.07, 6.45) is 0. The van der Waals surface area contributed by atoms with Crippen molar-refractivity contribution >= 4 is 0 Å². The third kappa shape index (κ3) is 2.79. The van der Waals surface area contributed by atoms with E-state index in [-0.39, 0.29) is 17.8 Å². The quantitative estimate of drug-likeness (QED) is 0.757. The van der Waals surface area contributed by atoms with Gasteiger partial charge in [0.1, 0.15) is 0 Å². The van der Waals surface area contributed by atoms with Gasteiger partial charge in [-0.3, -0.25) is 9.47 Å². The lowest BCUT2D eigenvalue weighted by Crippen LogP contribution is -2.17. The van der Waals surface area contributed by atoms with Gasteiger partial charge in [0.05, 0.1) is 6.04 Å². The van der Waals surface area contributed by atoms with Gasteiger partial charge in [0, 0.05) is 30.8 Å². The molecule has 2 N–H and O–H groups in total. The molecule has 1 aliphatic heterocycles. The van der Waals surface area contributed by atoms with Crippen molar-refractivity contribution in [2.45, 2.75) is 32.6 Å². The van der Waals surface area contributed by atoms with Gasteiger partial charge >= 0.3 is 0 Å². The largest absolute Gasteiger partial charge is 0.494 e. The lowest BCUT2D eigenvalue weighted by atomic mass is 10.1.